The van der Waals surface area contributed by atoms with Crippen molar-refractivity contribution in [3.8, 4) is 0 Å². The number of rotatable bonds is 6. The molecule has 2 aliphatic carbocycles. The highest BCUT2D eigenvalue weighted by atomic mass is 32.1. The van der Waals surface area contributed by atoms with Crippen molar-refractivity contribution in [3.63, 3.8) is 0 Å². The molecule has 2 N–H and O–H groups in total. The zero-order chi connectivity index (χ0) is 17.3. The molecule has 8 heteroatoms. The van der Waals surface area contributed by atoms with Gasteiger partial charge in [0, 0.05) is 5.38 Å². The number of carbonyl (C=O) groups is 3. The fourth-order valence-corrected chi connectivity index (χ4v) is 4.22. The van der Waals surface area contributed by atoms with Crippen molar-refractivity contribution in [2.75, 3.05) is 11.9 Å². The smallest absolute Gasteiger partial charge is 0.311 e. The maximum absolute atomic E-state index is 12.5. The van der Waals surface area contributed by atoms with Gasteiger partial charge in [-0.1, -0.05) is 12.2 Å². The van der Waals surface area contributed by atoms with E-state index < -0.39 is 17.8 Å². The number of thiazole rings is 1. The zero-order valence-corrected chi connectivity index (χ0v) is 13.9. The quantitative estimate of drug-likeness (QED) is 0.598. The number of nitrogens with one attached hydrogen (secondary N) is 1. The molecule has 4 atom stereocenters. The van der Waals surface area contributed by atoms with E-state index in [1.807, 2.05) is 12.2 Å². The van der Waals surface area contributed by atoms with Gasteiger partial charge in [-0.15, -0.1) is 11.3 Å². The van der Waals surface area contributed by atoms with Crippen molar-refractivity contribution < 1.29 is 24.2 Å². The first-order valence-corrected chi connectivity index (χ1v) is 8.69. The maximum Gasteiger partial charge on any atom is 0.311 e. The lowest BCUT2D eigenvalue weighted by atomic mass is 9.82. The Morgan fingerprint density at radius 3 is 2.71 bits per heavy atom. The third-order valence-corrected chi connectivity index (χ3v) is 5.27. The molecule has 3 rings (SSSR count). The lowest BCUT2D eigenvalue weighted by Crippen LogP contribution is -2.36. The summed E-state index contributed by atoms with van der Waals surface area (Å²) in [4.78, 5) is 39.6. The second kappa shape index (κ2) is 6.72. The summed E-state index contributed by atoms with van der Waals surface area (Å²) in [6.07, 6.45) is 4.59. The van der Waals surface area contributed by atoms with Crippen LogP contribution < -0.4 is 5.32 Å². The molecule has 2 aliphatic rings. The molecule has 1 fully saturated rings. The first-order chi connectivity index (χ1) is 11.5. The van der Waals surface area contributed by atoms with Crippen molar-refractivity contribution in [2.45, 2.75) is 19.8 Å². The molecule has 7 nitrogen and oxygen atoms in total. The predicted molar refractivity (Wildman–Crippen MR) is 86.4 cm³/mol. The van der Waals surface area contributed by atoms with E-state index in [-0.39, 0.29) is 30.1 Å². The van der Waals surface area contributed by atoms with Crippen molar-refractivity contribution in [1.82, 2.24) is 4.98 Å². The first-order valence-electron chi connectivity index (χ1n) is 7.81. The largest absolute Gasteiger partial charge is 0.481 e. The number of anilines is 1. The van der Waals surface area contributed by atoms with E-state index in [4.69, 9.17) is 4.74 Å². The number of ether oxygens (including phenoxy) is 1. The summed E-state index contributed by atoms with van der Waals surface area (Å²) < 4.78 is 4.86. The van der Waals surface area contributed by atoms with Gasteiger partial charge in [0.1, 0.15) is 0 Å². The number of hydrogen-bond donors (Lipinski definition) is 2. The molecule has 0 radical (unpaired) electrons. The fraction of sp³-hybridized carbons (Fsp3) is 0.500. The SMILES string of the molecule is CCOC(=O)Cc1csc(NC(=O)[C@H]2[C@H](C(=O)O)[C@@H]3C=C[C@H]2C3)n1. The molecular formula is C16H18N2O5S. The van der Waals surface area contributed by atoms with Crippen molar-refractivity contribution in [1.29, 1.82) is 0 Å². The lowest BCUT2D eigenvalue weighted by Gasteiger charge is -2.23. The maximum atomic E-state index is 12.5. The topological polar surface area (TPSA) is 106 Å². The van der Waals surface area contributed by atoms with Crippen LogP contribution in [0.5, 0.6) is 0 Å². The van der Waals surface area contributed by atoms with Crippen LogP contribution in [0.4, 0.5) is 5.13 Å². The zero-order valence-electron chi connectivity index (χ0n) is 13.1. The molecule has 0 unspecified atom stereocenters. The van der Waals surface area contributed by atoms with Gasteiger partial charge < -0.3 is 15.2 Å². The van der Waals surface area contributed by atoms with Crippen LogP contribution in [-0.4, -0.2) is 34.5 Å². The van der Waals surface area contributed by atoms with E-state index in [0.29, 0.717) is 23.9 Å². The van der Waals surface area contributed by atoms with E-state index in [1.165, 1.54) is 11.3 Å². The van der Waals surface area contributed by atoms with Gasteiger partial charge in [-0.3, -0.25) is 14.4 Å². The number of carboxylic acids is 1. The minimum absolute atomic E-state index is 0.0323. The number of esters is 1. The molecule has 128 valence electrons. The van der Waals surface area contributed by atoms with Gasteiger partial charge in [0.05, 0.1) is 30.6 Å². The van der Waals surface area contributed by atoms with Crippen LogP contribution >= 0.6 is 11.3 Å². The summed E-state index contributed by atoms with van der Waals surface area (Å²) in [6.45, 7) is 2.04. The highest BCUT2D eigenvalue weighted by Crippen LogP contribution is 2.48. The van der Waals surface area contributed by atoms with E-state index in [9.17, 15) is 19.5 Å². The second-order valence-corrected chi connectivity index (χ2v) is 6.81. The lowest BCUT2D eigenvalue weighted by molar-refractivity contribution is -0.146. The van der Waals surface area contributed by atoms with Crippen LogP contribution in [0, 0.1) is 23.7 Å². The molecule has 24 heavy (non-hydrogen) atoms. The highest BCUT2D eigenvalue weighted by Gasteiger charge is 2.51. The van der Waals surface area contributed by atoms with Gasteiger partial charge in [-0.2, -0.15) is 0 Å². The number of nitrogens with zero attached hydrogens (tertiary/aromatic N) is 1. The molecule has 2 bridgehead atoms. The summed E-state index contributed by atoms with van der Waals surface area (Å²) >= 11 is 1.21. The van der Waals surface area contributed by atoms with E-state index in [1.54, 1.807) is 12.3 Å². The van der Waals surface area contributed by atoms with Crippen molar-refractivity contribution >= 4 is 34.3 Å². The fourth-order valence-electron chi connectivity index (χ4n) is 3.51. The summed E-state index contributed by atoms with van der Waals surface area (Å²) in [5.41, 5.74) is 0.524. The Kier molecular flexibility index (Phi) is 4.66. The van der Waals surface area contributed by atoms with Crippen LogP contribution in [0.1, 0.15) is 19.0 Å². The van der Waals surface area contributed by atoms with Gasteiger partial charge in [0.15, 0.2) is 5.13 Å². The van der Waals surface area contributed by atoms with Gasteiger partial charge >= 0.3 is 11.9 Å². The molecular weight excluding hydrogens is 332 g/mol. The average Bonchev–Trinajstić information content (AvgIpc) is 3.22. The van der Waals surface area contributed by atoms with Crippen molar-refractivity contribution in [3.05, 3.63) is 23.2 Å². The van der Waals surface area contributed by atoms with E-state index >= 15 is 0 Å². The van der Waals surface area contributed by atoms with Gasteiger partial charge in [-0.25, -0.2) is 4.98 Å². The first kappa shape index (κ1) is 16.6. The Hall–Kier alpha value is -2.22. The molecule has 1 aromatic rings. The molecule has 1 amide bonds. The average molecular weight is 350 g/mol. The Morgan fingerprint density at radius 2 is 2.04 bits per heavy atom. The monoisotopic (exact) mass is 350 g/mol. The van der Waals surface area contributed by atoms with Crippen LogP contribution in [0.2, 0.25) is 0 Å². The number of aromatic nitrogens is 1. The van der Waals surface area contributed by atoms with Gasteiger partial charge in [0.2, 0.25) is 5.91 Å². The number of fused-ring (bicyclic) bond motifs is 2. The summed E-state index contributed by atoms with van der Waals surface area (Å²) in [7, 11) is 0. The predicted octanol–water partition coefficient (Wildman–Crippen LogP) is 1.71. The molecule has 1 heterocycles. The third-order valence-electron chi connectivity index (χ3n) is 4.46. The normalized spacial score (nSPS) is 27.2. The summed E-state index contributed by atoms with van der Waals surface area (Å²) in [5.74, 6) is -2.99. The number of carboxylic acid groups (broad SMARTS) is 1. The number of aliphatic carboxylic acids is 1. The standard InChI is InChI=1S/C16H18N2O5S/c1-2-23-11(19)6-10-7-24-16(17-10)18-14(20)12-8-3-4-9(5-8)13(12)15(21)22/h3-4,7-9,12-13H,2,5-6H2,1H3,(H,21,22)(H,17,18,20)/t8-,9+,12+,13+/m0/s1. The third kappa shape index (κ3) is 3.19. The number of amides is 1. The van der Waals surface area contributed by atoms with E-state index in [2.05, 4.69) is 10.3 Å². The van der Waals surface area contributed by atoms with Crippen LogP contribution in [0.25, 0.3) is 0 Å². The van der Waals surface area contributed by atoms with Crippen LogP contribution in [-0.2, 0) is 25.5 Å². The molecule has 0 aliphatic heterocycles. The van der Waals surface area contributed by atoms with Crippen LogP contribution in [0.3, 0.4) is 0 Å². The Bertz CT molecular complexity index is 698. The Morgan fingerprint density at radius 1 is 1.33 bits per heavy atom. The highest BCUT2D eigenvalue weighted by molar-refractivity contribution is 7.13. The minimum Gasteiger partial charge on any atom is -0.481 e. The number of allylic oxidation sites excluding steroid dienone is 2. The number of hydrogen-bond acceptors (Lipinski definition) is 6. The molecule has 1 aromatic heterocycles. The van der Waals surface area contributed by atoms with Crippen molar-refractivity contribution in [2.24, 2.45) is 23.7 Å². The summed E-state index contributed by atoms with van der Waals surface area (Å²) in [5, 5.41) is 14.1. The summed E-state index contributed by atoms with van der Waals surface area (Å²) in [6, 6.07) is 0. The molecule has 0 aromatic carbocycles. The second-order valence-electron chi connectivity index (χ2n) is 5.95. The minimum atomic E-state index is -0.936. The Labute approximate surface area is 142 Å². The molecule has 0 saturated heterocycles. The molecule has 0 spiro atoms. The Balaban J connectivity index is 1.65. The molecule has 1 saturated carbocycles. The van der Waals surface area contributed by atoms with Gasteiger partial charge in [-0.05, 0) is 25.2 Å². The van der Waals surface area contributed by atoms with Gasteiger partial charge in [0.25, 0.3) is 0 Å². The van der Waals surface area contributed by atoms with E-state index in [0.717, 1.165) is 0 Å². The number of carbonyl (C=O) groups excluding carboxylic acids is 2. The van der Waals surface area contributed by atoms with Crippen LogP contribution in [0.15, 0.2) is 17.5 Å².